The lowest BCUT2D eigenvalue weighted by Crippen LogP contribution is -2.43. The molecular formula is C13H16BrFN2O3. The van der Waals surface area contributed by atoms with Gasteiger partial charge in [-0.15, -0.1) is 0 Å². The number of hydrogen-bond acceptors (Lipinski definition) is 2. The minimum Gasteiger partial charge on any atom is -0.480 e. The van der Waals surface area contributed by atoms with Crippen LogP contribution in [0.3, 0.4) is 0 Å². The molecule has 1 aromatic carbocycles. The van der Waals surface area contributed by atoms with E-state index in [1.165, 1.54) is 12.1 Å². The van der Waals surface area contributed by atoms with Gasteiger partial charge in [0.05, 0.1) is 5.69 Å². The highest BCUT2D eigenvalue weighted by Gasteiger charge is 2.21. The van der Waals surface area contributed by atoms with Gasteiger partial charge in [0.15, 0.2) is 0 Å². The van der Waals surface area contributed by atoms with Crippen molar-refractivity contribution in [1.82, 2.24) is 5.32 Å². The smallest absolute Gasteiger partial charge is 0.326 e. The van der Waals surface area contributed by atoms with Gasteiger partial charge in [-0.3, -0.25) is 0 Å². The normalized spacial score (nSPS) is 12.1. The zero-order valence-electron chi connectivity index (χ0n) is 11.1. The van der Waals surface area contributed by atoms with Crippen molar-refractivity contribution in [1.29, 1.82) is 0 Å². The first-order chi connectivity index (χ1) is 9.29. The fourth-order valence-corrected chi connectivity index (χ4v) is 1.93. The number of aliphatic carboxylic acids is 1. The molecule has 0 bridgehead atoms. The molecule has 0 radical (unpaired) electrons. The van der Waals surface area contributed by atoms with Crippen LogP contribution in [0.1, 0.15) is 20.3 Å². The summed E-state index contributed by atoms with van der Waals surface area (Å²) < 4.78 is 14.1. The Labute approximate surface area is 124 Å². The third kappa shape index (κ3) is 5.16. The van der Waals surface area contributed by atoms with Crippen LogP contribution >= 0.6 is 15.9 Å². The van der Waals surface area contributed by atoms with Crippen LogP contribution in [0, 0.1) is 11.7 Å². The van der Waals surface area contributed by atoms with Gasteiger partial charge in [-0.05, 0) is 30.5 Å². The van der Waals surface area contributed by atoms with Gasteiger partial charge in [0.2, 0.25) is 0 Å². The maximum absolute atomic E-state index is 13.5. The van der Waals surface area contributed by atoms with Gasteiger partial charge in [0.25, 0.3) is 0 Å². The minimum absolute atomic E-state index is 0.0145. The summed E-state index contributed by atoms with van der Waals surface area (Å²) in [5, 5.41) is 13.6. The first kappa shape index (κ1) is 16.4. The van der Waals surface area contributed by atoms with Crippen LogP contribution in [0.2, 0.25) is 0 Å². The van der Waals surface area contributed by atoms with Crippen LogP contribution in [0.25, 0.3) is 0 Å². The number of anilines is 1. The Morgan fingerprint density at radius 1 is 1.40 bits per heavy atom. The number of carboxylic acid groups (broad SMARTS) is 1. The molecule has 0 fully saturated rings. The SMILES string of the molecule is CC(C)C[C@H](NC(=O)Nc1ccc(Br)cc1F)C(=O)O. The fourth-order valence-electron chi connectivity index (χ4n) is 1.60. The molecule has 2 amide bonds. The van der Waals surface area contributed by atoms with Gasteiger partial charge in [-0.25, -0.2) is 14.0 Å². The van der Waals surface area contributed by atoms with Crippen molar-refractivity contribution in [3.63, 3.8) is 0 Å². The van der Waals surface area contributed by atoms with Crippen LogP contribution in [0.15, 0.2) is 22.7 Å². The number of amides is 2. The first-order valence-corrected chi connectivity index (χ1v) is 6.84. The number of urea groups is 1. The van der Waals surface area contributed by atoms with E-state index < -0.39 is 23.9 Å². The van der Waals surface area contributed by atoms with Gasteiger partial charge >= 0.3 is 12.0 Å². The second-order valence-corrected chi connectivity index (χ2v) is 5.66. The molecule has 5 nitrogen and oxygen atoms in total. The summed E-state index contributed by atoms with van der Waals surface area (Å²) in [5.74, 6) is -1.61. The second-order valence-electron chi connectivity index (χ2n) is 4.74. The van der Waals surface area contributed by atoms with Crippen molar-refractivity contribution in [2.24, 2.45) is 5.92 Å². The van der Waals surface area contributed by atoms with Crippen LogP contribution in [-0.2, 0) is 4.79 Å². The van der Waals surface area contributed by atoms with E-state index in [2.05, 4.69) is 26.6 Å². The number of nitrogens with one attached hydrogen (secondary N) is 2. The van der Waals surface area contributed by atoms with Crippen molar-refractivity contribution < 1.29 is 19.1 Å². The molecule has 3 N–H and O–H groups in total. The summed E-state index contributed by atoms with van der Waals surface area (Å²) in [7, 11) is 0. The maximum Gasteiger partial charge on any atom is 0.326 e. The van der Waals surface area contributed by atoms with E-state index in [0.29, 0.717) is 10.9 Å². The summed E-state index contributed by atoms with van der Waals surface area (Å²) in [6.45, 7) is 3.70. The molecule has 1 aromatic rings. The predicted octanol–water partition coefficient (Wildman–Crippen LogP) is 3.21. The molecule has 0 aliphatic heterocycles. The molecule has 0 unspecified atom stereocenters. The van der Waals surface area contributed by atoms with Crippen molar-refractivity contribution >= 4 is 33.6 Å². The average molecular weight is 347 g/mol. The van der Waals surface area contributed by atoms with Crippen molar-refractivity contribution in [2.75, 3.05) is 5.32 Å². The quantitative estimate of drug-likeness (QED) is 0.765. The van der Waals surface area contributed by atoms with E-state index in [-0.39, 0.29) is 11.6 Å². The highest BCUT2D eigenvalue weighted by molar-refractivity contribution is 9.10. The van der Waals surface area contributed by atoms with Gasteiger partial charge in [-0.2, -0.15) is 0 Å². The van der Waals surface area contributed by atoms with Gasteiger partial charge in [0.1, 0.15) is 11.9 Å². The third-order valence-electron chi connectivity index (χ3n) is 2.49. The minimum atomic E-state index is -1.12. The molecule has 0 saturated heterocycles. The van der Waals surface area contributed by atoms with Crippen molar-refractivity contribution in [2.45, 2.75) is 26.3 Å². The van der Waals surface area contributed by atoms with Gasteiger partial charge in [0, 0.05) is 4.47 Å². The van der Waals surface area contributed by atoms with Crippen LogP contribution in [-0.4, -0.2) is 23.1 Å². The zero-order chi connectivity index (χ0) is 15.3. The van der Waals surface area contributed by atoms with Crippen LogP contribution < -0.4 is 10.6 Å². The lowest BCUT2D eigenvalue weighted by Gasteiger charge is -2.17. The summed E-state index contributed by atoms with van der Waals surface area (Å²) in [6.07, 6.45) is 0.297. The standard InChI is InChI=1S/C13H16BrFN2O3/c1-7(2)5-11(12(18)19)17-13(20)16-10-4-3-8(14)6-9(10)15/h3-4,6-7,11H,5H2,1-2H3,(H,18,19)(H2,16,17,20)/t11-/m0/s1. The first-order valence-electron chi connectivity index (χ1n) is 6.05. The van der Waals surface area contributed by atoms with E-state index in [0.717, 1.165) is 0 Å². The molecule has 0 aromatic heterocycles. The predicted molar refractivity (Wildman–Crippen MR) is 77.1 cm³/mol. The molecule has 1 rings (SSSR count). The second kappa shape index (κ2) is 7.23. The molecule has 0 aliphatic carbocycles. The number of carboxylic acids is 1. The Kier molecular flexibility index (Phi) is 5.94. The number of carbonyl (C=O) groups excluding carboxylic acids is 1. The molecule has 7 heteroatoms. The molecular weight excluding hydrogens is 331 g/mol. The van der Waals surface area contributed by atoms with Crippen molar-refractivity contribution in [3.8, 4) is 0 Å². The van der Waals surface area contributed by atoms with E-state index >= 15 is 0 Å². The number of hydrogen-bond donors (Lipinski definition) is 3. The fraction of sp³-hybridized carbons (Fsp3) is 0.385. The third-order valence-corrected chi connectivity index (χ3v) is 2.98. The van der Waals surface area contributed by atoms with Crippen molar-refractivity contribution in [3.05, 3.63) is 28.5 Å². The molecule has 1 atom stereocenters. The van der Waals surface area contributed by atoms with Gasteiger partial charge < -0.3 is 15.7 Å². The lowest BCUT2D eigenvalue weighted by atomic mass is 10.0. The number of benzene rings is 1. The van der Waals surface area contributed by atoms with Crippen LogP contribution in [0.4, 0.5) is 14.9 Å². The summed E-state index contributed by atoms with van der Waals surface area (Å²) >= 11 is 3.10. The van der Waals surface area contributed by atoms with E-state index in [1.807, 2.05) is 13.8 Å². The molecule has 0 spiro atoms. The largest absolute Gasteiger partial charge is 0.480 e. The molecule has 20 heavy (non-hydrogen) atoms. The molecule has 0 saturated carbocycles. The number of carbonyl (C=O) groups is 2. The molecule has 0 aliphatic rings. The number of halogens is 2. The maximum atomic E-state index is 13.5. The lowest BCUT2D eigenvalue weighted by molar-refractivity contribution is -0.139. The Hall–Kier alpha value is -1.63. The topological polar surface area (TPSA) is 78.4 Å². The average Bonchev–Trinajstić information content (AvgIpc) is 2.31. The van der Waals surface area contributed by atoms with E-state index in [4.69, 9.17) is 5.11 Å². The molecule has 0 heterocycles. The molecule has 110 valence electrons. The Morgan fingerprint density at radius 3 is 2.55 bits per heavy atom. The zero-order valence-corrected chi connectivity index (χ0v) is 12.7. The van der Waals surface area contributed by atoms with E-state index in [1.54, 1.807) is 6.07 Å². The number of rotatable bonds is 5. The Morgan fingerprint density at radius 2 is 2.05 bits per heavy atom. The summed E-state index contributed by atoms with van der Waals surface area (Å²) in [6, 6.07) is 2.41. The Bertz CT molecular complexity index is 508. The summed E-state index contributed by atoms with van der Waals surface area (Å²) in [4.78, 5) is 22.7. The van der Waals surface area contributed by atoms with Gasteiger partial charge in [-0.1, -0.05) is 29.8 Å². The summed E-state index contributed by atoms with van der Waals surface area (Å²) in [5.41, 5.74) is -0.0145. The highest BCUT2D eigenvalue weighted by Crippen LogP contribution is 2.19. The monoisotopic (exact) mass is 346 g/mol. The highest BCUT2D eigenvalue weighted by atomic mass is 79.9. The van der Waals surface area contributed by atoms with Crippen LogP contribution in [0.5, 0.6) is 0 Å². The van der Waals surface area contributed by atoms with E-state index in [9.17, 15) is 14.0 Å². The Balaban J connectivity index is 2.68.